The van der Waals surface area contributed by atoms with Gasteiger partial charge in [-0.05, 0) is 43.9 Å². The lowest BCUT2D eigenvalue weighted by atomic mass is 9.90. The lowest BCUT2D eigenvalue weighted by Crippen LogP contribution is -2.50. The molecule has 2 rings (SSSR count). The van der Waals surface area contributed by atoms with Crippen LogP contribution in [0.1, 0.15) is 44.7 Å². The van der Waals surface area contributed by atoms with E-state index in [-0.39, 0.29) is 30.4 Å². The number of nitrogens with zero attached hydrogens (tertiary/aromatic N) is 3. The maximum Gasteiger partial charge on any atom is 0.355 e. The summed E-state index contributed by atoms with van der Waals surface area (Å²) in [5.41, 5.74) is 1.44. The molecule has 0 fully saturated rings. The largest absolute Gasteiger partial charge is 0.451 e. The molecular formula is C21H26N4O4. The number of hydrazone groups is 1. The van der Waals surface area contributed by atoms with E-state index in [2.05, 4.69) is 16.5 Å². The molecule has 0 bridgehead atoms. The molecule has 1 aromatic carbocycles. The Morgan fingerprint density at radius 2 is 2.03 bits per heavy atom. The summed E-state index contributed by atoms with van der Waals surface area (Å²) in [5, 5.41) is 17.2. The van der Waals surface area contributed by atoms with Gasteiger partial charge in [0.15, 0.2) is 6.61 Å². The smallest absolute Gasteiger partial charge is 0.355 e. The van der Waals surface area contributed by atoms with E-state index >= 15 is 0 Å². The van der Waals surface area contributed by atoms with Gasteiger partial charge < -0.3 is 10.1 Å². The minimum atomic E-state index is -1.06. The van der Waals surface area contributed by atoms with E-state index in [1.165, 1.54) is 5.01 Å². The minimum absolute atomic E-state index is 0.0743. The van der Waals surface area contributed by atoms with Crippen LogP contribution >= 0.6 is 0 Å². The maximum atomic E-state index is 12.4. The summed E-state index contributed by atoms with van der Waals surface area (Å²) in [6.07, 6.45) is 0.260. The summed E-state index contributed by atoms with van der Waals surface area (Å²) >= 11 is 0. The highest BCUT2D eigenvalue weighted by Crippen LogP contribution is 2.25. The summed E-state index contributed by atoms with van der Waals surface area (Å²) in [6, 6.07) is 7.69. The van der Waals surface area contributed by atoms with Crippen molar-refractivity contribution < 1.29 is 19.1 Å². The van der Waals surface area contributed by atoms with E-state index < -0.39 is 24.0 Å². The van der Waals surface area contributed by atoms with Gasteiger partial charge in [0, 0.05) is 12.8 Å². The first kappa shape index (κ1) is 22.1. The number of carbonyl (C=O) groups excluding carboxylic acids is 3. The van der Waals surface area contributed by atoms with Crippen LogP contribution in [0.4, 0.5) is 5.69 Å². The molecule has 1 heterocycles. The van der Waals surface area contributed by atoms with Gasteiger partial charge in [-0.15, -0.1) is 0 Å². The van der Waals surface area contributed by atoms with Crippen LogP contribution < -0.4 is 10.3 Å². The second-order valence-electron chi connectivity index (χ2n) is 7.64. The molecule has 2 amide bonds. The van der Waals surface area contributed by atoms with E-state index in [0.29, 0.717) is 5.69 Å². The molecule has 154 valence electrons. The first-order chi connectivity index (χ1) is 13.6. The number of rotatable bonds is 6. The number of amides is 2. The van der Waals surface area contributed by atoms with Crippen LogP contribution in [-0.2, 0) is 19.1 Å². The van der Waals surface area contributed by atoms with E-state index in [9.17, 15) is 19.6 Å². The fourth-order valence-electron chi connectivity index (χ4n) is 2.68. The van der Waals surface area contributed by atoms with Crippen LogP contribution in [0.5, 0.6) is 0 Å². The number of benzene rings is 1. The summed E-state index contributed by atoms with van der Waals surface area (Å²) in [5.74, 6) is -1.66. The zero-order valence-corrected chi connectivity index (χ0v) is 17.4. The Morgan fingerprint density at radius 3 is 2.66 bits per heavy atom. The Balaban J connectivity index is 2.09. The zero-order valence-electron chi connectivity index (χ0n) is 17.4. The standard InChI is InChI=1S/C21H26N4O4/c1-13(2)21(5,12-22)23-18(26)11-29-20(28)16-8-9-19(27)25(24-16)17-10-14(3)6-7-15(17)4/h6-7,10,13H,8-9,11H2,1-5H3,(H,23,26)/t21-/m0/s1. The van der Waals surface area contributed by atoms with Crippen molar-refractivity contribution >= 4 is 29.2 Å². The molecule has 0 unspecified atom stereocenters. The highest BCUT2D eigenvalue weighted by atomic mass is 16.5. The number of hydrogen-bond acceptors (Lipinski definition) is 6. The second-order valence-corrected chi connectivity index (χ2v) is 7.64. The van der Waals surface area contributed by atoms with Crippen LogP contribution in [0.25, 0.3) is 0 Å². The maximum absolute atomic E-state index is 12.4. The van der Waals surface area contributed by atoms with Crippen molar-refractivity contribution in [1.82, 2.24) is 5.32 Å². The molecule has 29 heavy (non-hydrogen) atoms. The topological polar surface area (TPSA) is 112 Å². The summed E-state index contributed by atoms with van der Waals surface area (Å²) < 4.78 is 5.06. The number of anilines is 1. The number of hydrogen-bond donors (Lipinski definition) is 1. The Hall–Kier alpha value is -3.21. The number of nitriles is 1. The molecule has 0 saturated carbocycles. The molecule has 1 N–H and O–H groups in total. The van der Waals surface area contributed by atoms with Gasteiger partial charge in [0.1, 0.15) is 11.3 Å². The summed E-state index contributed by atoms with van der Waals surface area (Å²) in [7, 11) is 0. The van der Waals surface area contributed by atoms with Crippen molar-refractivity contribution in [1.29, 1.82) is 5.26 Å². The van der Waals surface area contributed by atoms with Gasteiger partial charge in [-0.1, -0.05) is 26.0 Å². The van der Waals surface area contributed by atoms with Gasteiger partial charge >= 0.3 is 5.97 Å². The van der Waals surface area contributed by atoms with E-state index in [1.54, 1.807) is 6.92 Å². The normalized spacial score (nSPS) is 16.0. The monoisotopic (exact) mass is 398 g/mol. The van der Waals surface area contributed by atoms with Crippen molar-refractivity contribution in [2.24, 2.45) is 11.0 Å². The van der Waals surface area contributed by atoms with Gasteiger partial charge in [-0.2, -0.15) is 15.4 Å². The van der Waals surface area contributed by atoms with Gasteiger partial charge in [-0.25, -0.2) is 4.79 Å². The van der Waals surface area contributed by atoms with Gasteiger partial charge in [0.25, 0.3) is 5.91 Å². The SMILES string of the molecule is Cc1ccc(C)c(N2N=C(C(=O)OCC(=O)N[C@@](C)(C#N)C(C)C)CCC2=O)c1. The fourth-order valence-corrected chi connectivity index (χ4v) is 2.68. The third kappa shape index (κ3) is 5.19. The third-order valence-corrected chi connectivity index (χ3v) is 4.98. The molecule has 0 spiro atoms. The number of esters is 1. The van der Waals surface area contributed by atoms with Crippen molar-refractivity contribution in [2.75, 3.05) is 11.6 Å². The van der Waals surface area contributed by atoms with Crippen LogP contribution in [-0.4, -0.2) is 35.6 Å². The molecule has 0 aromatic heterocycles. The molecule has 0 saturated heterocycles. The van der Waals surface area contributed by atoms with Crippen LogP contribution in [0, 0.1) is 31.1 Å². The Kier molecular flexibility index (Phi) is 6.75. The summed E-state index contributed by atoms with van der Waals surface area (Å²) in [6.45, 7) is 8.46. The highest BCUT2D eigenvalue weighted by molar-refractivity contribution is 6.38. The molecule has 1 aromatic rings. The van der Waals surface area contributed by atoms with Crippen LogP contribution in [0.2, 0.25) is 0 Å². The molecule has 8 nitrogen and oxygen atoms in total. The average molecular weight is 398 g/mol. The Labute approximate surface area is 170 Å². The lowest BCUT2D eigenvalue weighted by molar-refractivity contribution is -0.143. The molecule has 0 aliphatic carbocycles. The molecule has 0 radical (unpaired) electrons. The van der Waals surface area contributed by atoms with Gasteiger partial charge in [-0.3, -0.25) is 9.59 Å². The van der Waals surface area contributed by atoms with Crippen molar-refractivity contribution in [3.05, 3.63) is 29.3 Å². The number of aryl methyl sites for hydroxylation is 2. The van der Waals surface area contributed by atoms with Gasteiger partial charge in [0.05, 0.1) is 11.8 Å². The average Bonchev–Trinajstić information content (AvgIpc) is 2.68. The fraction of sp³-hybridized carbons (Fsp3) is 0.476. The number of carbonyl (C=O) groups is 3. The number of ether oxygens (including phenoxy) is 1. The molecule has 1 atom stereocenters. The van der Waals surface area contributed by atoms with Gasteiger partial charge in [0.2, 0.25) is 5.91 Å². The van der Waals surface area contributed by atoms with Crippen LogP contribution in [0.15, 0.2) is 23.3 Å². The quantitative estimate of drug-likeness (QED) is 0.740. The summed E-state index contributed by atoms with van der Waals surface area (Å²) in [4.78, 5) is 36.8. The van der Waals surface area contributed by atoms with Crippen molar-refractivity contribution in [3.63, 3.8) is 0 Å². The van der Waals surface area contributed by atoms with E-state index in [0.717, 1.165) is 11.1 Å². The molecule has 8 heteroatoms. The molecule has 1 aliphatic heterocycles. The number of nitrogens with one attached hydrogen (secondary N) is 1. The first-order valence-corrected chi connectivity index (χ1v) is 9.44. The molecule has 1 aliphatic rings. The zero-order chi connectivity index (χ0) is 21.8. The predicted molar refractivity (Wildman–Crippen MR) is 108 cm³/mol. The van der Waals surface area contributed by atoms with Crippen LogP contribution in [0.3, 0.4) is 0 Å². The Morgan fingerprint density at radius 1 is 1.34 bits per heavy atom. The Bertz CT molecular complexity index is 900. The van der Waals surface area contributed by atoms with Crippen molar-refractivity contribution in [2.45, 2.75) is 53.0 Å². The third-order valence-electron chi connectivity index (χ3n) is 4.98. The lowest BCUT2D eigenvalue weighted by Gasteiger charge is -2.27. The van der Waals surface area contributed by atoms with Crippen molar-refractivity contribution in [3.8, 4) is 6.07 Å². The predicted octanol–water partition coefficient (Wildman–Crippen LogP) is 2.38. The first-order valence-electron chi connectivity index (χ1n) is 9.44. The second kappa shape index (κ2) is 8.86. The minimum Gasteiger partial charge on any atom is -0.451 e. The van der Waals surface area contributed by atoms with E-state index in [1.807, 2.05) is 45.9 Å². The molecular weight excluding hydrogens is 372 g/mol. The highest BCUT2D eigenvalue weighted by Gasteiger charge is 2.31. The van der Waals surface area contributed by atoms with E-state index in [4.69, 9.17) is 4.74 Å².